The molecule has 23 heavy (non-hydrogen) atoms. The van der Waals surface area contributed by atoms with Crippen molar-refractivity contribution in [1.82, 2.24) is 25.4 Å². The number of benzene rings is 1. The molecule has 1 atom stereocenters. The van der Waals surface area contributed by atoms with Crippen LogP contribution in [0.2, 0.25) is 0 Å². The molecule has 0 aliphatic heterocycles. The fourth-order valence-corrected chi connectivity index (χ4v) is 2.37. The van der Waals surface area contributed by atoms with E-state index in [1.54, 1.807) is 12.4 Å². The zero-order valence-electron chi connectivity index (χ0n) is 13.4. The van der Waals surface area contributed by atoms with Crippen molar-refractivity contribution < 1.29 is 9.18 Å². The summed E-state index contributed by atoms with van der Waals surface area (Å²) in [6.45, 7) is 5.01. The third-order valence-corrected chi connectivity index (χ3v) is 3.46. The van der Waals surface area contributed by atoms with Gasteiger partial charge in [-0.1, -0.05) is 19.1 Å². The fourth-order valence-electron chi connectivity index (χ4n) is 2.37. The van der Waals surface area contributed by atoms with Crippen LogP contribution in [0.3, 0.4) is 0 Å². The second-order valence-corrected chi connectivity index (χ2v) is 5.43. The number of carbonyl (C=O) groups excluding carboxylic acids is 1. The van der Waals surface area contributed by atoms with Crippen molar-refractivity contribution in [3.05, 3.63) is 47.8 Å². The average Bonchev–Trinajstić information content (AvgIpc) is 2.94. The number of nitrogens with one attached hydrogen (secondary N) is 2. The van der Waals surface area contributed by atoms with Crippen LogP contribution in [-0.2, 0) is 19.4 Å². The summed E-state index contributed by atoms with van der Waals surface area (Å²) in [7, 11) is 0. The molecular formula is C16H22FN5O. The standard InChI is InChI=1S/C16H22FN5O/c1-3-15-21-19-11-22(15)8-7-18-16(23)20-12(2)9-13-5-4-6-14(17)10-13/h4-6,10-12H,3,7-9H2,1-2H3,(H2,18,20,23)/t12-/m1/s1. The molecule has 0 spiro atoms. The minimum Gasteiger partial charge on any atom is -0.336 e. The Labute approximate surface area is 135 Å². The molecule has 1 aromatic heterocycles. The van der Waals surface area contributed by atoms with E-state index in [1.165, 1.54) is 12.1 Å². The largest absolute Gasteiger partial charge is 0.336 e. The van der Waals surface area contributed by atoms with Crippen LogP contribution in [0.5, 0.6) is 0 Å². The van der Waals surface area contributed by atoms with Crippen LogP contribution >= 0.6 is 0 Å². The summed E-state index contributed by atoms with van der Waals surface area (Å²) in [5, 5.41) is 13.5. The Morgan fingerprint density at radius 2 is 2.26 bits per heavy atom. The van der Waals surface area contributed by atoms with Gasteiger partial charge in [0, 0.05) is 25.6 Å². The summed E-state index contributed by atoms with van der Waals surface area (Å²) in [6.07, 6.45) is 3.04. The van der Waals surface area contributed by atoms with Crippen molar-refractivity contribution >= 4 is 6.03 Å². The Kier molecular flexibility index (Phi) is 6.08. The van der Waals surface area contributed by atoms with Gasteiger partial charge in [-0.15, -0.1) is 10.2 Å². The van der Waals surface area contributed by atoms with E-state index in [9.17, 15) is 9.18 Å². The Morgan fingerprint density at radius 1 is 1.43 bits per heavy atom. The lowest BCUT2D eigenvalue weighted by atomic mass is 10.1. The fraction of sp³-hybridized carbons (Fsp3) is 0.438. The second kappa shape index (κ2) is 8.26. The van der Waals surface area contributed by atoms with E-state index in [1.807, 2.05) is 24.5 Å². The molecule has 0 aliphatic rings. The number of hydrogen-bond acceptors (Lipinski definition) is 3. The van der Waals surface area contributed by atoms with Crippen molar-refractivity contribution in [3.8, 4) is 0 Å². The molecule has 1 heterocycles. The molecule has 0 fully saturated rings. The number of aromatic nitrogens is 3. The number of rotatable bonds is 7. The Hall–Kier alpha value is -2.44. The lowest BCUT2D eigenvalue weighted by Crippen LogP contribution is -2.42. The van der Waals surface area contributed by atoms with Crippen LogP contribution in [0.15, 0.2) is 30.6 Å². The van der Waals surface area contributed by atoms with E-state index in [0.29, 0.717) is 19.5 Å². The average molecular weight is 319 g/mol. The van der Waals surface area contributed by atoms with E-state index in [4.69, 9.17) is 0 Å². The van der Waals surface area contributed by atoms with Crippen LogP contribution in [-0.4, -0.2) is 33.4 Å². The molecule has 2 amide bonds. The van der Waals surface area contributed by atoms with Gasteiger partial charge in [0.15, 0.2) is 0 Å². The molecule has 0 saturated carbocycles. The van der Waals surface area contributed by atoms with E-state index < -0.39 is 0 Å². The zero-order chi connectivity index (χ0) is 16.7. The molecule has 124 valence electrons. The van der Waals surface area contributed by atoms with Gasteiger partial charge in [0.1, 0.15) is 18.0 Å². The number of aryl methyl sites for hydroxylation is 1. The van der Waals surface area contributed by atoms with Crippen LogP contribution in [0, 0.1) is 5.82 Å². The lowest BCUT2D eigenvalue weighted by molar-refractivity contribution is 0.237. The molecule has 6 nitrogen and oxygen atoms in total. The van der Waals surface area contributed by atoms with Gasteiger partial charge in [-0.25, -0.2) is 9.18 Å². The first kappa shape index (κ1) is 16.9. The smallest absolute Gasteiger partial charge is 0.315 e. The van der Waals surface area contributed by atoms with E-state index in [-0.39, 0.29) is 17.9 Å². The summed E-state index contributed by atoms with van der Waals surface area (Å²) < 4.78 is 15.0. The summed E-state index contributed by atoms with van der Waals surface area (Å²) in [6, 6.07) is 6.08. The molecule has 2 N–H and O–H groups in total. The summed E-state index contributed by atoms with van der Waals surface area (Å²) in [5.74, 6) is 0.631. The van der Waals surface area contributed by atoms with Gasteiger partial charge in [0.2, 0.25) is 0 Å². The Bertz CT molecular complexity index is 643. The summed E-state index contributed by atoms with van der Waals surface area (Å²) >= 11 is 0. The van der Waals surface area contributed by atoms with E-state index >= 15 is 0 Å². The van der Waals surface area contributed by atoms with Crippen molar-refractivity contribution in [2.24, 2.45) is 0 Å². The van der Waals surface area contributed by atoms with Crippen molar-refractivity contribution in [2.75, 3.05) is 6.54 Å². The first-order chi connectivity index (χ1) is 11.1. The highest BCUT2D eigenvalue weighted by Gasteiger charge is 2.08. The molecule has 0 unspecified atom stereocenters. The van der Waals surface area contributed by atoms with Crippen LogP contribution in [0.4, 0.5) is 9.18 Å². The number of nitrogens with zero attached hydrogens (tertiary/aromatic N) is 3. The zero-order valence-corrected chi connectivity index (χ0v) is 13.4. The minimum absolute atomic E-state index is 0.0853. The quantitative estimate of drug-likeness (QED) is 0.819. The first-order valence-corrected chi connectivity index (χ1v) is 7.74. The molecule has 7 heteroatoms. The third-order valence-electron chi connectivity index (χ3n) is 3.46. The molecule has 1 aromatic carbocycles. The molecule has 2 rings (SSSR count). The molecule has 0 radical (unpaired) electrons. The maximum Gasteiger partial charge on any atom is 0.315 e. The summed E-state index contributed by atoms with van der Waals surface area (Å²) in [5.41, 5.74) is 0.856. The molecule has 0 saturated heterocycles. The highest BCUT2D eigenvalue weighted by Crippen LogP contribution is 2.06. The topological polar surface area (TPSA) is 71.8 Å². The van der Waals surface area contributed by atoms with Gasteiger partial charge in [-0.3, -0.25) is 0 Å². The highest BCUT2D eigenvalue weighted by atomic mass is 19.1. The predicted molar refractivity (Wildman–Crippen MR) is 85.5 cm³/mol. The Balaban J connectivity index is 1.72. The maximum absolute atomic E-state index is 13.1. The van der Waals surface area contributed by atoms with Crippen molar-refractivity contribution in [1.29, 1.82) is 0 Å². The van der Waals surface area contributed by atoms with Crippen LogP contribution < -0.4 is 10.6 Å². The molecule has 2 aromatic rings. The van der Waals surface area contributed by atoms with E-state index in [0.717, 1.165) is 17.8 Å². The number of carbonyl (C=O) groups is 1. The van der Waals surface area contributed by atoms with Gasteiger partial charge in [0.05, 0.1) is 0 Å². The van der Waals surface area contributed by atoms with Gasteiger partial charge in [-0.2, -0.15) is 0 Å². The second-order valence-electron chi connectivity index (χ2n) is 5.43. The van der Waals surface area contributed by atoms with Crippen LogP contribution in [0.1, 0.15) is 25.2 Å². The van der Waals surface area contributed by atoms with Gasteiger partial charge < -0.3 is 15.2 Å². The van der Waals surface area contributed by atoms with Gasteiger partial charge in [0.25, 0.3) is 0 Å². The van der Waals surface area contributed by atoms with Crippen molar-refractivity contribution in [2.45, 2.75) is 39.3 Å². The maximum atomic E-state index is 13.1. The normalized spacial score (nSPS) is 12.0. The highest BCUT2D eigenvalue weighted by molar-refractivity contribution is 5.74. The molecule has 0 aliphatic carbocycles. The van der Waals surface area contributed by atoms with Crippen LogP contribution in [0.25, 0.3) is 0 Å². The SMILES string of the molecule is CCc1nncn1CCNC(=O)N[C@H](C)Cc1cccc(F)c1. The predicted octanol–water partition coefficient (Wildman–Crippen LogP) is 1.91. The monoisotopic (exact) mass is 319 g/mol. The number of halogens is 1. The number of amides is 2. The van der Waals surface area contributed by atoms with Crippen molar-refractivity contribution in [3.63, 3.8) is 0 Å². The third kappa shape index (κ3) is 5.36. The lowest BCUT2D eigenvalue weighted by Gasteiger charge is -2.15. The Morgan fingerprint density at radius 3 is 3.00 bits per heavy atom. The molecule has 0 bridgehead atoms. The summed E-state index contributed by atoms with van der Waals surface area (Å²) in [4.78, 5) is 11.9. The van der Waals surface area contributed by atoms with Gasteiger partial charge in [-0.05, 0) is 31.0 Å². The number of hydrogen-bond donors (Lipinski definition) is 2. The van der Waals surface area contributed by atoms with E-state index in [2.05, 4.69) is 20.8 Å². The van der Waals surface area contributed by atoms with Gasteiger partial charge >= 0.3 is 6.03 Å². The first-order valence-electron chi connectivity index (χ1n) is 7.74. The minimum atomic E-state index is -0.264. The number of urea groups is 1. The molecular weight excluding hydrogens is 297 g/mol.